The normalized spacial score (nSPS) is 21.1. The number of carbonyl (C=O) groups is 2. The summed E-state index contributed by atoms with van der Waals surface area (Å²) in [6.07, 6.45) is 3.70. The first kappa shape index (κ1) is 21.1. The number of aromatic nitrogens is 1. The third-order valence-electron chi connectivity index (χ3n) is 5.62. The molecule has 0 unspecified atom stereocenters. The zero-order valence-electron chi connectivity index (χ0n) is 17.6. The van der Waals surface area contributed by atoms with E-state index in [1.165, 1.54) is 0 Å². The summed E-state index contributed by atoms with van der Waals surface area (Å²) >= 11 is 0. The number of benzene rings is 1. The summed E-state index contributed by atoms with van der Waals surface area (Å²) in [4.78, 5) is 34.0. The van der Waals surface area contributed by atoms with Crippen molar-refractivity contribution in [2.75, 3.05) is 40.0 Å². The molecule has 1 aromatic heterocycles. The van der Waals surface area contributed by atoms with Crippen molar-refractivity contribution in [2.45, 2.75) is 25.0 Å². The van der Waals surface area contributed by atoms with Crippen LogP contribution < -0.4 is 9.47 Å². The predicted octanol–water partition coefficient (Wildman–Crippen LogP) is 1.54. The molecule has 8 heteroatoms. The molecule has 2 aliphatic rings. The van der Waals surface area contributed by atoms with E-state index in [2.05, 4.69) is 4.98 Å². The molecule has 31 heavy (non-hydrogen) atoms. The van der Waals surface area contributed by atoms with Crippen molar-refractivity contribution in [3.63, 3.8) is 0 Å². The topological polar surface area (TPSA) is 81.2 Å². The molecule has 2 atom stereocenters. The van der Waals surface area contributed by atoms with E-state index in [1.54, 1.807) is 35.4 Å². The molecule has 2 fully saturated rings. The highest BCUT2D eigenvalue weighted by Gasteiger charge is 2.42. The molecule has 0 radical (unpaired) electrons. The number of likely N-dealkylation sites (tertiary alicyclic amines) is 1. The first-order valence-corrected chi connectivity index (χ1v) is 10.5. The van der Waals surface area contributed by atoms with Crippen molar-refractivity contribution >= 4 is 11.8 Å². The molecule has 2 aromatic rings. The number of carbonyl (C=O) groups excluding carboxylic acids is 2. The highest BCUT2D eigenvalue weighted by Crippen LogP contribution is 2.26. The molecule has 4 rings (SSSR count). The Kier molecular flexibility index (Phi) is 6.66. The molecule has 0 aliphatic carbocycles. The summed E-state index contributed by atoms with van der Waals surface area (Å²) in [6.45, 7) is 2.48. The quantitative estimate of drug-likeness (QED) is 0.699. The summed E-state index contributed by atoms with van der Waals surface area (Å²) in [5.41, 5.74) is 0.846. The van der Waals surface area contributed by atoms with Gasteiger partial charge in [0.1, 0.15) is 23.6 Å². The minimum absolute atomic E-state index is 0.0421. The summed E-state index contributed by atoms with van der Waals surface area (Å²) < 4.78 is 16.7. The maximum Gasteiger partial charge on any atom is 0.245 e. The average Bonchev–Trinajstić information content (AvgIpc) is 3.24. The van der Waals surface area contributed by atoms with Crippen LogP contribution in [0.15, 0.2) is 48.8 Å². The molecule has 164 valence electrons. The van der Waals surface area contributed by atoms with E-state index >= 15 is 0 Å². The lowest BCUT2D eigenvalue weighted by atomic mass is 10.1. The Balaban J connectivity index is 1.50. The van der Waals surface area contributed by atoms with Gasteiger partial charge in [0.25, 0.3) is 0 Å². The van der Waals surface area contributed by atoms with Crippen molar-refractivity contribution in [3.8, 4) is 11.5 Å². The Morgan fingerprint density at radius 2 is 1.97 bits per heavy atom. The third-order valence-corrected chi connectivity index (χ3v) is 5.62. The van der Waals surface area contributed by atoms with E-state index < -0.39 is 6.04 Å². The van der Waals surface area contributed by atoms with Crippen LogP contribution in [0.4, 0.5) is 0 Å². The number of hydrogen-bond donors (Lipinski definition) is 0. The number of rotatable bonds is 6. The highest BCUT2D eigenvalue weighted by atomic mass is 16.5. The number of hydrogen-bond acceptors (Lipinski definition) is 6. The van der Waals surface area contributed by atoms with E-state index in [1.807, 2.05) is 30.3 Å². The number of nitrogens with zero attached hydrogens (tertiary/aromatic N) is 3. The smallest absolute Gasteiger partial charge is 0.245 e. The Hall–Kier alpha value is -3.13. The number of ether oxygens (including phenoxy) is 3. The van der Waals surface area contributed by atoms with Gasteiger partial charge in [-0.25, -0.2) is 0 Å². The molecule has 8 nitrogen and oxygen atoms in total. The van der Waals surface area contributed by atoms with E-state index in [4.69, 9.17) is 14.2 Å². The predicted molar refractivity (Wildman–Crippen MR) is 113 cm³/mol. The van der Waals surface area contributed by atoms with Crippen LogP contribution in [0.1, 0.15) is 12.0 Å². The molecule has 2 aliphatic heterocycles. The van der Waals surface area contributed by atoms with Crippen LogP contribution in [0.25, 0.3) is 0 Å². The maximum atomic E-state index is 13.3. The van der Waals surface area contributed by atoms with E-state index in [9.17, 15) is 9.59 Å². The molecule has 0 saturated carbocycles. The van der Waals surface area contributed by atoms with Crippen LogP contribution in [-0.2, 0) is 20.7 Å². The van der Waals surface area contributed by atoms with Crippen molar-refractivity contribution < 1.29 is 23.8 Å². The number of amides is 2. The van der Waals surface area contributed by atoms with Gasteiger partial charge in [-0.1, -0.05) is 12.1 Å². The minimum Gasteiger partial charge on any atom is -0.497 e. The lowest BCUT2D eigenvalue weighted by Crippen LogP contribution is -2.51. The van der Waals surface area contributed by atoms with Gasteiger partial charge in [-0.2, -0.15) is 0 Å². The van der Waals surface area contributed by atoms with Gasteiger partial charge < -0.3 is 24.0 Å². The van der Waals surface area contributed by atoms with Gasteiger partial charge >= 0.3 is 0 Å². The Labute approximate surface area is 181 Å². The first-order chi connectivity index (χ1) is 15.1. The standard InChI is InChI=1S/C23H27N3O5/c1-29-18-5-2-4-17(12-18)13-22(27)26-16-20(31-19-6-3-7-24-15-19)14-21(26)23(28)25-8-10-30-11-9-25/h2-7,12,15,20-21H,8-11,13-14,16H2,1H3/t20-,21-/m0/s1. The second-order valence-electron chi connectivity index (χ2n) is 7.69. The van der Waals surface area contributed by atoms with Crippen LogP contribution in [-0.4, -0.2) is 78.7 Å². The van der Waals surface area contributed by atoms with Gasteiger partial charge in [0.05, 0.1) is 39.5 Å². The van der Waals surface area contributed by atoms with Gasteiger partial charge in [-0.3, -0.25) is 14.6 Å². The summed E-state index contributed by atoms with van der Waals surface area (Å²) in [5.74, 6) is 1.19. The fourth-order valence-corrected chi connectivity index (χ4v) is 4.05. The lowest BCUT2D eigenvalue weighted by molar-refractivity contribution is -0.146. The maximum absolute atomic E-state index is 13.3. The van der Waals surface area contributed by atoms with Crippen LogP contribution in [0.3, 0.4) is 0 Å². The second kappa shape index (κ2) is 9.78. The molecule has 2 saturated heterocycles. The van der Waals surface area contributed by atoms with Crippen molar-refractivity contribution in [3.05, 3.63) is 54.4 Å². The molecule has 1 aromatic carbocycles. The molecular weight excluding hydrogens is 398 g/mol. The van der Waals surface area contributed by atoms with Crippen molar-refractivity contribution in [1.29, 1.82) is 0 Å². The van der Waals surface area contributed by atoms with Crippen LogP contribution in [0, 0.1) is 0 Å². The second-order valence-corrected chi connectivity index (χ2v) is 7.69. The molecule has 2 amide bonds. The average molecular weight is 425 g/mol. The van der Waals surface area contributed by atoms with Gasteiger partial charge in [0.15, 0.2) is 0 Å². The third kappa shape index (κ3) is 5.14. The molecule has 0 N–H and O–H groups in total. The molecule has 0 bridgehead atoms. The van der Waals surface area contributed by atoms with Gasteiger partial charge in [-0.05, 0) is 29.8 Å². The monoisotopic (exact) mass is 425 g/mol. The van der Waals surface area contributed by atoms with Crippen molar-refractivity contribution in [1.82, 2.24) is 14.8 Å². The van der Waals surface area contributed by atoms with Crippen LogP contribution >= 0.6 is 0 Å². The largest absolute Gasteiger partial charge is 0.497 e. The number of pyridine rings is 1. The van der Waals surface area contributed by atoms with Crippen LogP contribution in [0.5, 0.6) is 11.5 Å². The Morgan fingerprint density at radius 3 is 2.71 bits per heavy atom. The molecule has 0 spiro atoms. The van der Waals surface area contributed by atoms with Gasteiger partial charge in [0, 0.05) is 25.7 Å². The number of methoxy groups -OCH3 is 1. The Bertz CT molecular complexity index is 901. The fraction of sp³-hybridized carbons (Fsp3) is 0.435. The van der Waals surface area contributed by atoms with Gasteiger partial charge in [-0.15, -0.1) is 0 Å². The summed E-state index contributed by atoms with van der Waals surface area (Å²) in [5, 5.41) is 0. The molecular formula is C23H27N3O5. The first-order valence-electron chi connectivity index (χ1n) is 10.5. The zero-order valence-corrected chi connectivity index (χ0v) is 17.6. The summed E-state index contributed by atoms with van der Waals surface area (Å²) in [7, 11) is 1.60. The van der Waals surface area contributed by atoms with E-state index in [0.717, 1.165) is 5.56 Å². The zero-order chi connectivity index (χ0) is 21.6. The van der Waals surface area contributed by atoms with Crippen LogP contribution in [0.2, 0.25) is 0 Å². The SMILES string of the molecule is COc1cccc(CC(=O)N2C[C@@H](Oc3cccnc3)C[C@H]2C(=O)N2CCOCC2)c1. The fourth-order valence-electron chi connectivity index (χ4n) is 4.05. The van der Waals surface area contributed by atoms with Gasteiger partial charge in [0.2, 0.25) is 11.8 Å². The molecule has 3 heterocycles. The Morgan fingerprint density at radius 1 is 1.16 bits per heavy atom. The van der Waals surface area contributed by atoms with E-state index in [0.29, 0.717) is 50.8 Å². The lowest BCUT2D eigenvalue weighted by Gasteiger charge is -2.32. The highest BCUT2D eigenvalue weighted by molar-refractivity contribution is 5.89. The number of morpholine rings is 1. The van der Waals surface area contributed by atoms with Crippen molar-refractivity contribution in [2.24, 2.45) is 0 Å². The van der Waals surface area contributed by atoms with E-state index in [-0.39, 0.29) is 24.3 Å². The summed E-state index contributed by atoms with van der Waals surface area (Å²) in [6, 6.07) is 10.5. The minimum atomic E-state index is -0.544.